The van der Waals surface area contributed by atoms with Crippen LogP contribution in [0.15, 0.2) is 170 Å². The molecule has 0 N–H and O–H groups in total. The number of hydrogen-bond donors (Lipinski definition) is 0. The van der Waals surface area contributed by atoms with E-state index in [4.69, 9.17) is 0 Å². The molecular formula is C42H28. The topological polar surface area (TPSA) is 0 Å². The van der Waals surface area contributed by atoms with Crippen molar-refractivity contribution >= 4 is 32.3 Å². The second kappa shape index (κ2) is 10.2. The highest BCUT2D eigenvalue weighted by Gasteiger charge is 2.25. The van der Waals surface area contributed by atoms with Crippen LogP contribution < -0.4 is 0 Å². The zero-order valence-electron chi connectivity index (χ0n) is 23.2. The van der Waals surface area contributed by atoms with E-state index in [1.807, 2.05) is 0 Å². The first-order valence-corrected chi connectivity index (χ1v) is 14.5. The fourth-order valence-corrected chi connectivity index (χ4v) is 6.74. The molecule has 0 nitrogen and oxygen atoms in total. The van der Waals surface area contributed by atoms with Crippen molar-refractivity contribution in [3.8, 4) is 44.5 Å². The quantitative estimate of drug-likeness (QED) is 0.198. The summed E-state index contributed by atoms with van der Waals surface area (Å²) in [5.74, 6) is 0. The van der Waals surface area contributed by atoms with Gasteiger partial charge in [0.25, 0.3) is 0 Å². The molecule has 0 aliphatic rings. The molecule has 0 saturated heterocycles. The van der Waals surface area contributed by atoms with Crippen molar-refractivity contribution in [3.05, 3.63) is 170 Å². The summed E-state index contributed by atoms with van der Waals surface area (Å²) in [6.07, 6.45) is 0. The van der Waals surface area contributed by atoms with Crippen molar-refractivity contribution in [1.82, 2.24) is 0 Å². The van der Waals surface area contributed by atoms with Gasteiger partial charge in [-0.2, -0.15) is 0 Å². The van der Waals surface area contributed by atoms with Crippen LogP contribution in [-0.2, 0) is 0 Å². The first-order chi connectivity index (χ1) is 20.9. The second-order valence-corrected chi connectivity index (χ2v) is 10.8. The molecule has 8 rings (SSSR count). The third-order valence-electron chi connectivity index (χ3n) is 8.43. The molecule has 0 radical (unpaired) electrons. The third-order valence-corrected chi connectivity index (χ3v) is 8.43. The van der Waals surface area contributed by atoms with Crippen LogP contribution in [0.5, 0.6) is 0 Å². The van der Waals surface area contributed by atoms with E-state index >= 15 is 0 Å². The Morgan fingerprint density at radius 3 is 0.738 bits per heavy atom. The van der Waals surface area contributed by atoms with Crippen LogP contribution >= 0.6 is 0 Å². The maximum Gasteiger partial charge on any atom is -0.000741 e. The van der Waals surface area contributed by atoms with Gasteiger partial charge in [0, 0.05) is 0 Å². The Kier molecular flexibility index (Phi) is 5.90. The second-order valence-electron chi connectivity index (χ2n) is 10.8. The van der Waals surface area contributed by atoms with E-state index in [-0.39, 0.29) is 0 Å². The van der Waals surface area contributed by atoms with E-state index < -0.39 is 0 Å². The van der Waals surface area contributed by atoms with Crippen molar-refractivity contribution in [2.24, 2.45) is 0 Å². The number of fused-ring (bicyclic) bond motifs is 5. The Bertz CT molecular complexity index is 2030. The van der Waals surface area contributed by atoms with Crippen LogP contribution in [0.1, 0.15) is 0 Å². The molecule has 8 aromatic rings. The van der Waals surface area contributed by atoms with Crippen molar-refractivity contribution in [2.45, 2.75) is 0 Å². The van der Waals surface area contributed by atoms with E-state index in [0.717, 1.165) is 0 Å². The lowest BCUT2D eigenvalue weighted by Crippen LogP contribution is -1.97. The van der Waals surface area contributed by atoms with Crippen LogP contribution in [0.2, 0.25) is 0 Å². The largest absolute Gasteiger partial charge is 0.0622 e. The summed E-state index contributed by atoms with van der Waals surface area (Å²) < 4.78 is 0. The van der Waals surface area contributed by atoms with Gasteiger partial charge in [-0.25, -0.2) is 0 Å². The van der Waals surface area contributed by atoms with E-state index in [0.29, 0.717) is 0 Å². The highest BCUT2D eigenvalue weighted by molar-refractivity contribution is 6.34. The lowest BCUT2D eigenvalue weighted by atomic mass is 9.78. The average Bonchev–Trinajstić information content (AvgIpc) is 3.08. The normalized spacial score (nSPS) is 11.3. The first kappa shape index (κ1) is 24.3. The van der Waals surface area contributed by atoms with Crippen molar-refractivity contribution in [2.75, 3.05) is 0 Å². The molecule has 0 fully saturated rings. The number of rotatable bonds is 4. The van der Waals surface area contributed by atoms with Crippen LogP contribution in [0.4, 0.5) is 0 Å². The predicted molar refractivity (Wildman–Crippen MR) is 181 cm³/mol. The maximum absolute atomic E-state index is 2.31. The van der Waals surface area contributed by atoms with Gasteiger partial charge in [-0.3, -0.25) is 0 Å². The zero-order chi connectivity index (χ0) is 27.9. The average molecular weight is 533 g/mol. The molecule has 0 saturated carbocycles. The molecule has 196 valence electrons. The minimum atomic E-state index is 1.23. The molecule has 42 heavy (non-hydrogen) atoms. The minimum Gasteiger partial charge on any atom is -0.0622 e. The van der Waals surface area contributed by atoms with Gasteiger partial charge in [0.2, 0.25) is 0 Å². The molecule has 0 amide bonds. The molecule has 0 heterocycles. The number of hydrogen-bond acceptors (Lipinski definition) is 0. The fourth-order valence-electron chi connectivity index (χ4n) is 6.74. The zero-order valence-corrected chi connectivity index (χ0v) is 23.2. The van der Waals surface area contributed by atoms with Crippen LogP contribution in [0.25, 0.3) is 76.8 Å². The van der Waals surface area contributed by atoms with Gasteiger partial charge in [0.05, 0.1) is 0 Å². The maximum atomic E-state index is 2.31. The molecule has 0 aliphatic heterocycles. The van der Waals surface area contributed by atoms with Gasteiger partial charge in [-0.15, -0.1) is 0 Å². The Balaban J connectivity index is 1.74. The summed E-state index contributed by atoms with van der Waals surface area (Å²) in [4.78, 5) is 0. The van der Waals surface area contributed by atoms with E-state index in [9.17, 15) is 0 Å². The highest BCUT2D eigenvalue weighted by Crippen LogP contribution is 2.52. The van der Waals surface area contributed by atoms with Crippen LogP contribution in [-0.4, -0.2) is 0 Å². The Morgan fingerprint density at radius 1 is 0.190 bits per heavy atom. The lowest BCUT2D eigenvalue weighted by Gasteiger charge is -2.25. The van der Waals surface area contributed by atoms with Gasteiger partial charge >= 0.3 is 0 Å². The molecular weight excluding hydrogens is 504 g/mol. The molecule has 0 unspecified atom stereocenters. The smallest absolute Gasteiger partial charge is 0.000741 e. The monoisotopic (exact) mass is 532 g/mol. The summed E-state index contributed by atoms with van der Waals surface area (Å²) in [5.41, 5.74) is 10.0. The van der Waals surface area contributed by atoms with E-state index in [1.54, 1.807) is 0 Å². The molecule has 0 heteroatoms. The predicted octanol–water partition coefficient (Wildman–Crippen LogP) is 11.8. The summed E-state index contributed by atoms with van der Waals surface area (Å²) in [6.45, 7) is 0. The van der Waals surface area contributed by atoms with Crippen molar-refractivity contribution < 1.29 is 0 Å². The summed E-state index contributed by atoms with van der Waals surface area (Å²) in [7, 11) is 0. The van der Waals surface area contributed by atoms with Crippen molar-refractivity contribution in [3.63, 3.8) is 0 Å². The summed E-state index contributed by atoms with van der Waals surface area (Å²) in [6, 6.07) is 61.6. The molecule has 8 aromatic carbocycles. The van der Waals surface area contributed by atoms with E-state index in [1.165, 1.54) is 76.8 Å². The Labute approximate surface area is 246 Å². The first-order valence-electron chi connectivity index (χ1n) is 14.5. The fraction of sp³-hybridized carbons (Fsp3) is 0. The SMILES string of the molecule is c1ccc(-c2c(-c3ccccc3)c3c4ccccc4c(-c4ccccc4)c(-c4ccccc4)c3c3ccccc23)cc1. The van der Waals surface area contributed by atoms with Gasteiger partial charge in [0.15, 0.2) is 0 Å². The molecule has 0 bridgehead atoms. The Morgan fingerprint density at radius 2 is 0.429 bits per heavy atom. The summed E-state index contributed by atoms with van der Waals surface area (Å²) in [5, 5.41) is 7.67. The van der Waals surface area contributed by atoms with Gasteiger partial charge < -0.3 is 0 Å². The van der Waals surface area contributed by atoms with Gasteiger partial charge in [-0.1, -0.05) is 170 Å². The molecule has 0 aliphatic carbocycles. The van der Waals surface area contributed by atoms with Crippen molar-refractivity contribution in [1.29, 1.82) is 0 Å². The van der Waals surface area contributed by atoms with E-state index in [2.05, 4.69) is 170 Å². The van der Waals surface area contributed by atoms with Crippen LogP contribution in [0, 0.1) is 0 Å². The molecule has 0 aromatic heterocycles. The van der Waals surface area contributed by atoms with Gasteiger partial charge in [-0.05, 0) is 76.8 Å². The Hall–Kier alpha value is -5.46. The van der Waals surface area contributed by atoms with Crippen LogP contribution in [0.3, 0.4) is 0 Å². The third kappa shape index (κ3) is 3.84. The highest BCUT2D eigenvalue weighted by atomic mass is 14.3. The standard InChI is InChI=1S/C42H28/c1-5-17-29(18-6-1)37-33-25-13-15-27-35(33)42-40(32-23-11-4-12-24-32)38(30-19-7-2-8-20-30)34-26-14-16-28-36(34)41(42)39(37)31-21-9-3-10-22-31/h1-28H. The summed E-state index contributed by atoms with van der Waals surface area (Å²) >= 11 is 0. The minimum absolute atomic E-state index is 1.23. The lowest BCUT2D eigenvalue weighted by molar-refractivity contribution is 1.61. The van der Waals surface area contributed by atoms with Gasteiger partial charge in [0.1, 0.15) is 0 Å². The molecule has 0 atom stereocenters. The molecule has 0 spiro atoms. The number of benzene rings is 8.